The number of halogens is 3. The number of nitrogens with one attached hydrogen (secondary N) is 1. The standard InChI is InChI=1S/C14H21F3N4/c1-4-18-11-9(3)13(20-12(19-11)10-6-7-10)21(5-2)8-14(15,16)17/h10H,4-8H2,1-3H3,(H,18,19,20). The predicted octanol–water partition coefficient (Wildman–Crippen LogP) is 3.48. The molecule has 0 aliphatic heterocycles. The first kappa shape index (κ1) is 15.9. The molecule has 21 heavy (non-hydrogen) atoms. The molecule has 0 radical (unpaired) electrons. The molecule has 1 aliphatic carbocycles. The lowest BCUT2D eigenvalue weighted by Crippen LogP contribution is -2.35. The first-order valence-electron chi connectivity index (χ1n) is 7.29. The summed E-state index contributed by atoms with van der Waals surface area (Å²) >= 11 is 0. The van der Waals surface area contributed by atoms with Gasteiger partial charge in [0.2, 0.25) is 0 Å². The molecule has 1 fully saturated rings. The average molecular weight is 302 g/mol. The maximum atomic E-state index is 12.7. The van der Waals surface area contributed by atoms with Crippen LogP contribution in [0.5, 0.6) is 0 Å². The lowest BCUT2D eigenvalue weighted by molar-refractivity contribution is -0.119. The van der Waals surface area contributed by atoms with E-state index in [2.05, 4.69) is 15.3 Å². The minimum absolute atomic E-state index is 0.257. The summed E-state index contributed by atoms with van der Waals surface area (Å²) in [6.45, 7) is 5.35. The van der Waals surface area contributed by atoms with E-state index in [1.807, 2.05) is 6.92 Å². The average Bonchev–Trinajstić information content (AvgIpc) is 3.22. The highest BCUT2D eigenvalue weighted by molar-refractivity contribution is 5.59. The van der Waals surface area contributed by atoms with Crippen molar-refractivity contribution in [2.45, 2.75) is 45.7 Å². The van der Waals surface area contributed by atoms with Crippen molar-refractivity contribution in [3.63, 3.8) is 0 Å². The minimum Gasteiger partial charge on any atom is -0.370 e. The molecule has 1 N–H and O–H groups in total. The highest BCUT2D eigenvalue weighted by atomic mass is 19.4. The SMILES string of the molecule is CCNc1nc(C2CC2)nc(N(CC)CC(F)(F)F)c1C. The monoisotopic (exact) mass is 302 g/mol. The van der Waals surface area contributed by atoms with Crippen molar-refractivity contribution in [1.82, 2.24) is 9.97 Å². The molecule has 1 aromatic rings. The van der Waals surface area contributed by atoms with Gasteiger partial charge in [-0.25, -0.2) is 9.97 Å². The van der Waals surface area contributed by atoms with Gasteiger partial charge in [0, 0.05) is 24.6 Å². The van der Waals surface area contributed by atoms with Gasteiger partial charge in [0.15, 0.2) is 0 Å². The summed E-state index contributed by atoms with van der Waals surface area (Å²) in [4.78, 5) is 10.1. The summed E-state index contributed by atoms with van der Waals surface area (Å²) in [6.07, 6.45) is -2.22. The largest absolute Gasteiger partial charge is 0.405 e. The molecule has 0 saturated heterocycles. The summed E-state index contributed by atoms with van der Waals surface area (Å²) in [6, 6.07) is 0. The Labute approximate surface area is 122 Å². The summed E-state index contributed by atoms with van der Waals surface area (Å²) in [5.41, 5.74) is 0.673. The highest BCUT2D eigenvalue weighted by Crippen LogP contribution is 2.40. The van der Waals surface area contributed by atoms with E-state index in [1.54, 1.807) is 13.8 Å². The molecular weight excluding hydrogens is 281 g/mol. The van der Waals surface area contributed by atoms with E-state index in [0.29, 0.717) is 35.5 Å². The molecule has 1 aliphatic rings. The van der Waals surface area contributed by atoms with Gasteiger partial charge in [0.1, 0.15) is 24.0 Å². The normalized spacial score (nSPS) is 15.1. The van der Waals surface area contributed by atoms with Crippen LogP contribution in [-0.2, 0) is 0 Å². The summed E-state index contributed by atoms with van der Waals surface area (Å²) < 4.78 is 38.2. The fourth-order valence-corrected chi connectivity index (χ4v) is 2.25. The van der Waals surface area contributed by atoms with E-state index in [0.717, 1.165) is 12.8 Å². The Balaban J connectivity index is 2.39. The second-order valence-electron chi connectivity index (χ2n) is 5.31. The maximum absolute atomic E-state index is 12.7. The number of anilines is 2. The van der Waals surface area contributed by atoms with Crippen LogP contribution in [0.2, 0.25) is 0 Å². The molecule has 4 nitrogen and oxygen atoms in total. The lowest BCUT2D eigenvalue weighted by atomic mass is 10.2. The second-order valence-corrected chi connectivity index (χ2v) is 5.31. The first-order valence-corrected chi connectivity index (χ1v) is 7.29. The lowest BCUT2D eigenvalue weighted by Gasteiger charge is -2.26. The molecule has 1 aromatic heterocycles. The predicted molar refractivity (Wildman–Crippen MR) is 76.8 cm³/mol. The van der Waals surface area contributed by atoms with Crippen LogP contribution >= 0.6 is 0 Å². The molecule has 0 bridgehead atoms. The maximum Gasteiger partial charge on any atom is 0.405 e. The first-order chi connectivity index (χ1) is 9.85. The molecule has 0 atom stereocenters. The quantitative estimate of drug-likeness (QED) is 0.873. The molecule has 1 saturated carbocycles. The van der Waals surface area contributed by atoms with Crippen molar-refractivity contribution < 1.29 is 13.2 Å². The third-order valence-electron chi connectivity index (χ3n) is 3.48. The number of alkyl halides is 3. The molecular formula is C14H21F3N4. The van der Waals surface area contributed by atoms with Gasteiger partial charge < -0.3 is 10.2 Å². The molecule has 0 spiro atoms. The summed E-state index contributed by atoms with van der Waals surface area (Å²) in [5, 5.41) is 3.12. The zero-order valence-electron chi connectivity index (χ0n) is 12.6. The van der Waals surface area contributed by atoms with Gasteiger partial charge in [-0.3, -0.25) is 0 Å². The Kier molecular flexibility index (Phi) is 4.58. The van der Waals surface area contributed by atoms with E-state index in [-0.39, 0.29) is 6.54 Å². The van der Waals surface area contributed by atoms with Gasteiger partial charge in [0.05, 0.1) is 0 Å². The van der Waals surface area contributed by atoms with Crippen LogP contribution in [-0.4, -0.2) is 35.8 Å². The van der Waals surface area contributed by atoms with Crippen molar-refractivity contribution in [2.24, 2.45) is 0 Å². The van der Waals surface area contributed by atoms with Crippen LogP contribution in [0.4, 0.5) is 24.8 Å². The van der Waals surface area contributed by atoms with E-state index in [4.69, 9.17) is 0 Å². The van der Waals surface area contributed by atoms with E-state index >= 15 is 0 Å². The molecule has 0 aromatic carbocycles. The summed E-state index contributed by atoms with van der Waals surface area (Å²) in [7, 11) is 0. The third kappa shape index (κ3) is 3.98. The van der Waals surface area contributed by atoms with Gasteiger partial charge >= 0.3 is 6.18 Å². The number of rotatable bonds is 6. The van der Waals surface area contributed by atoms with Crippen LogP contribution in [0.25, 0.3) is 0 Å². The number of aromatic nitrogens is 2. The van der Waals surface area contributed by atoms with Crippen molar-refractivity contribution in [2.75, 3.05) is 29.9 Å². The van der Waals surface area contributed by atoms with Crippen LogP contribution in [0, 0.1) is 6.92 Å². The Morgan fingerprint density at radius 2 is 1.90 bits per heavy atom. The van der Waals surface area contributed by atoms with Crippen molar-refractivity contribution in [1.29, 1.82) is 0 Å². The number of hydrogen-bond donors (Lipinski definition) is 1. The van der Waals surface area contributed by atoms with Crippen molar-refractivity contribution >= 4 is 11.6 Å². The highest BCUT2D eigenvalue weighted by Gasteiger charge is 2.33. The fourth-order valence-electron chi connectivity index (χ4n) is 2.25. The Morgan fingerprint density at radius 3 is 2.38 bits per heavy atom. The van der Waals surface area contributed by atoms with Crippen LogP contribution in [0.3, 0.4) is 0 Å². The van der Waals surface area contributed by atoms with Crippen LogP contribution in [0.15, 0.2) is 0 Å². The number of nitrogens with zero attached hydrogens (tertiary/aromatic N) is 3. The van der Waals surface area contributed by atoms with Crippen molar-refractivity contribution in [3.8, 4) is 0 Å². The third-order valence-corrected chi connectivity index (χ3v) is 3.48. The molecule has 1 heterocycles. The van der Waals surface area contributed by atoms with Gasteiger partial charge in [-0.05, 0) is 33.6 Å². The van der Waals surface area contributed by atoms with Crippen LogP contribution in [0.1, 0.15) is 44.0 Å². The smallest absolute Gasteiger partial charge is 0.370 e. The number of hydrogen-bond acceptors (Lipinski definition) is 4. The fraction of sp³-hybridized carbons (Fsp3) is 0.714. The van der Waals surface area contributed by atoms with Crippen LogP contribution < -0.4 is 10.2 Å². The topological polar surface area (TPSA) is 41.1 Å². The van der Waals surface area contributed by atoms with Gasteiger partial charge in [-0.2, -0.15) is 13.2 Å². The Hall–Kier alpha value is -1.53. The van der Waals surface area contributed by atoms with Gasteiger partial charge in [0.25, 0.3) is 0 Å². The zero-order chi connectivity index (χ0) is 15.6. The zero-order valence-corrected chi connectivity index (χ0v) is 12.6. The van der Waals surface area contributed by atoms with Crippen molar-refractivity contribution in [3.05, 3.63) is 11.4 Å². The van der Waals surface area contributed by atoms with Gasteiger partial charge in [-0.15, -0.1) is 0 Å². The van der Waals surface area contributed by atoms with E-state index in [1.165, 1.54) is 4.90 Å². The molecule has 118 valence electrons. The Morgan fingerprint density at radius 1 is 1.24 bits per heavy atom. The molecule has 7 heteroatoms. The van der Waals surface area contributed by atoms with E-state index in [9.17, 15) is 13.2 Å². The minimum atomic E-state index is -4.24. The Bertz CT molecular complexity index is 498. The van der Waals surface area contributed by atoms with Gasteiger partial charge in [-0.1, -0.05) is 0 Å². The molecule has 2 rings (SSSR count). The van der Waals surface area contributed by atoms with E-state index < -0.39 is 12.7 Å². The second kappa shape index (κ2) is 6.07. The summed E-state index contributed by atoms with van der Waals surface area (Å²) in [5.74, 6) is 1.99. The molecule has 0 unspecified atom stereocenters. The molecule has 0 amide bonds.